The summed E-state index contributed by atoms with van der Waals surface area (Å²) in [5.74, 6) is -0.258. The summed E-state index contributed by atoms with van der Waals surface area (Å²) >= 11 is 5.62. The lowest BCUT2D eigenvalue weighted by atomic mass is 10.0. The zero-order valence-corrected chi connectivity index (χ0v) is 13.3. The van der Waals surface area contributed by atoms with Gasteiger partial charge in [0.2, 0.25) is 0 Å². The summed E-state index contributed by atoms with van der Waals surface area (Å²) < 4.78 is 13.3. The number of rotatable bonds is 4. The fourth-order valence-electron chi connectivity index (χ4n) is 2.59. The molecule has 0 radical (unpaired) electrons. The average molecular weight is 304 g/mol. The first kappa shape index (κ1) is 15.6. The molecule has 2 rings (SSSR count). The van der Waals surface area contributed by atoms with Crippen molar-refractivity contribution in [1.29, 1.82) is 0 Å². The number of nitrogens with one attached hydrogen (secondary N) is 1. The molecule has 0 saturated carbocycles. The minimum absolute atomic E-state index is 0.258. The maximum Gasteiger partial charge on any atom is 0.123 e. The van der Waals surface area contributed by atoms with Gasteiger partial charge in [0.05, 0.1) is 0 Å². The van der Waals surface area contributed by atoms with Crippen molar-refractivity contribution in [3.63, 3.8) is 0 Å². The van der Waals surface area contributed by atoms with E-state index in [2.05, 4.69) is 38.2 Å². The molecule has 0 bridgehead atoms. The Hall–Kier alpha value is -1.80. The molecule has 2 aromatic rings. The van der Waals surface area contributed by atoms with Gasteiger partial charge >= 0.3 is 0 Å². The monoisotopic (exact) mass is 303 g/mol. The largest absolute Gasteiger partial charge is 0.381 e. The number of anilines is 1. The molecule has 1 nitrogen and oxygen atoms in total. The van der Waals surface area contributed by atoms with Gasteiger partial charge in [0.25, 0.3) is 0 Å². The molecule has 110 valence electrons. The first-order chi connectivity index (χ1) is 10.0. The van der Waals surface area contributed by atoms with Gasteiger partial charge in [-0.2, -0.15) is 0 Å². The van der Waals surface area contributed by atoms with Crippen LogP contribution in [0.2, 0.25) is 0 Å². The van der Waals surface area contributed by atoms with Crippen LogP contribution in [-0.4, -0.2) is 0 Å². The van der Waals surface area contributed by atoms with Crippen LogP contribution in [-0.2, 0) is 6.54 Å². The van der Waals surface area contributed by atoms with Gasteiger partial charge in [-0.25, -0.2) is 4.39 Å². The molecule has 0 aliphatic rings. The molecular weight excluding hydrogens is 285 g/mol. The summed E-state index contributed by atoms with van der Waals surface area (Å²) in [6.07, 6.45) is 1.70. The summed E-state index contributed by atoms with van der Waals surface area (Å²) in [6.45, 7) is 6.90. The third-order valence-electron chi connectivity index (χ3n) is 3.48. The Morgan fingerprint density at radius 3 is 2.38 bits per heavy atom. The zero-order chi connectivity index (χ0) is 15.4. The molecule has 0 atom stereocenters. The molecule has 0 aromatic heterocycles. The summed E-state index contributed by atoms with van der Waals surface area (Å²) in [6, 6.07) is 9.05. The first-order valence-electron chi connectivity index (χ1n) is 6.88. The van der Waals surface area contributed by atoms with Crippen molar-refractivity contribution >= 4 is 23.4 Å². The van der Waals surface area contributed by atoms with Crippen LogP contribution >= 0.6 is 11.6 Å². The van der Waals surface area contributed by atoms with E-state index >= 15 is 0 Å². The number of halogens is 2. The van der Waals surface area contributed by atoms with E-state index in [9.17, 15) is 4.39 Å². The van der Waals surface area contributed by atoms with Crippen molar-refractivity contribution in [2.75, 3.05) is 5.32 Å². The Morgan fingerprint density at radius 2 is 1.76 bits per heavy atom. The molecule has 0 spiro atoms. The van der Waals surface area contributed by atoms with Gasteiger partial charge in [0.1, 0.15) is 5.82 Å². The second kappa shape index (κ2) is 6.77. The highest BCUT2D eigenvalue weighted by atomic mass is 35.5. The van der Waals surface area contributed by atoms with E-state index in [1.807, 2.05) is 0 Å². The van der Waals surface area contributed by atoms with Gasteiger partial charge in [-0.05, 0) is 61.2 Å². The summed E-state index contributed by atoms with van der Waals surface area (Å²) in [7, 11) is 0. The molecule has 0 saturated heterocycles. The Labute approximate surface area is 130 Å². The maximum atomic E-state index is 13.3. The fourth-order valence-corrected chi connectivity index (χ4v) is 2.73. The Bertz CT molecular complexity index is 654. The van der Waals surface area contributed by atoms with Crippen LogP contribution in [0.1, 0.15) is 27.8 Å². The van der Waals surface area contributed by atoms with E-state index in [1.54, 1.807) is 12.1 Å². The molecule has 1 N–H and O–H groups in total. The predicted molar refractivity (Wildman–Crippen MR) is 89.3 cm³/mol. The molecule has 0 unspecified atom stereocenters. The van der Waals surface area contributed by atoms with Crippen molar-refractivity contribution in [2.24, 2.45) is 0 Å². The lowest BCUT2D eigenvalue weighted by Gasteiger charge is -2.15. The van der Waals surface area contributed by atoms with Crippen LogP contribution in [0.5, 0.6) is 0 Å². The Morgan fingerprint density at radius 1 is 1.10 bits per heavy atom. The highest BCUT2D eigenvalue weighted by Gasteiger charge is 2.06. The third-order valence-corrected chi connectivity index (χ3v) is 3.61. The summed E-state index contributed by atoms with van der Waals surface area (Å²) in [5, 5.41) is 3.44. The second-order valence-corrected chi connectivity index (χ2v) is 5.52. The summed E-state index contributed by atoms with van der Waals surface area (Å²) in [5.41, 5.74) is 8.01. The molecule has 3 heteroatoms. The SMILES string of the molecule is Cc1cc(C)c(NCc2ccc(F)cc2/C=C\Cl)c(C)c1. The van der Waals surface area contributed by atoms with Crippen molar-refractivity contribution in [3.05, 3.63) is 69.5 Å². The molecule has 0 aliphatic heterocycles. The molecule has 0 heterocycles. The number of benzene rings is 2. The number of hydrogen-bond acceptors (Lipinski definition) is 1. The number of aryl methyl sites for hydroxylation is 3. The van der Waals surface area contributed by atoms with Gasteiger partial charge in [0, 0.05) is 17.8 Å². The van der Waals surface area contributed by atoms with Gasteiger partial charge < -0.3 is 5.32 Å². The van der Waals surface area contributed by atoms with Crippen LogP contribution in [0.25, 0.3) is 6.08 Å². The lowest BCUT2D eigenvalue weighted by molar-refractivity contribution is 0.626. The second-order valence-electron chi connectivity index (χ2n) is 5.26. The minimum Gasteiger partial charge on any atom is -0.381 e. The van der Waals surface area contributed by atoms with Crippen molar-refractivity contribution in [3.8, 4) is 0 Å². The van der Waals surface area contributed by atoms with E-state index in [1.165, 1.54) is 34.4 Å². The molecule has 0 amide bonds. The molecule has 0 fully saturated rings. The quantitative estimate of drug-likeness (QED) is 0.778. The van der Waals surface area contributed by atoms with Crippen LogP contribution in [0.15, 0.2) is 35.9 Å². The van der Waals surface area contributed by atoms with Crippen LogP contribution in [0.3, 0.4) is 0 Å². The molecule has 2 aromatic carbocycles. The molecular formula is C18H19ClFN. The van der Waals surface area contributed by atoms with Crippen LogP contribution in [0.4, 0.5) is 10.1 Å². The van der Waals surface area contributed by atoms with E-state index in [0.29, 0.717) is 6.54 Å². The molecule has 21 heavy (non-hydrogen) atoms. The van der Waals surface area contributed by atoms with Gasteiger partial charge in [-0.15, -0.1) is 0 Å². The lowest BCUT2D eigenvalue weighted by Crippen LogP contribution is -2.05. The first-order valence-corrected chi connectivity index (χ1v) is 7.32. The highest BCUT2D eigenvalue weighted by Crippen LogP contribution is 2.23. The van der Waals surface area contributed by atoms with Crippen molar-refractivity contribution < 1.29 is 4.39 Å². The van der Waals surface area contributed by atoms with Crippen molar-refractivity contribution in [2.45, 2.75) is 27.3 Å². The normalized spacial score (nSPS) is 11.1. The Kier molecular flexibility index (Phi) is 5.03. The van der Waals surface area contributed by atoms with Gasteiger partial charge in [-0.3, -0.25) is 0 Å². The van der Waals surface area contributed by atoms with E-state index in [0.717, 1.165) is 16.8 Å². The van der Waals surface area contributed by atoms with E-state index in [4.69, 9.17) is 11.6 Å². The smallest absolute Gasteiger partial charge is 0.123 e. The topological polar surface area (TPSA) is 12.0 Å². The standard InChI is InChI=1S/C18H19ClFN/c1-12-8-13(2)18(14(3)9-12)21-11-16-4-5-17(20)10-15(16)6-7-19/h4-10,21H,11H2,1-3H3/b7-6-. The van der Waals surface area contributed by atoms with Gasteiger partial charge in [-0.1, -0.05) is 35.4 Å². The van der Waals surface area contributed by atoms with E-state index < -0.39 is 0 Å². The highest BCUT2D eigenvalue weighted by molar-refractivity contribution is 6.27. The predicted octanol–water partition coefficient (Wildman–Crippen LogP) is 5.57. The third kappa shape index (κ3) is 3.85. The van der Waals surface area contributed by atoms with E-state index in [-0.39, 0.29) is 5.82 Å². The number of hydrogen-bond donors (Lipinski definition) is 1. The average Bonchev–Trinajstić information content (AvgIpc) is 2.40. The minimum atomic E-state index is -0.258. The van der Waals surface area contributed by atoms with Gasteiger partial charge in [0.15, 0.2) is 0 Å². The Balaban J connectivity index is 2.25. The zero-order valence-electron chi connectivity index (χ0n) is 12.5. The molecule has 0 aliphatic carbocycles. The van der Waals surface area contributed by atoms with Crippen molar-refractivity contribution in [1.82, 2.24) is 0 Å². The fraction of sp³-hybridized carbons (Fsp3) is 0.222. The van der Waals surface area contributed by atoms with Crippen LogP contribution < -0.4 is 5.32 Å². The maximum absolute atomic E-state index is 13.3. The summed E-state index contributed by atoms with van der Waals surface area (Å²) in [4.78, 5) is 0. The van der Waals surface area contributed by atoms with Crippen LogP contribution in [0, 0.1) is 26.6 Å².